The van der Waals surface area contributed by atoms with Crippen molar-refractivity contribution in [1.29, 1.82) is 0 Å². The average Bonchev–Trinajstić information content (AvgIpc) is 2.28. The molecule has 0 aliphatic heterocycles. The van der Waals surface area contributed by atoms with Crippen LogP contribution in [-0.4, -0.2) is 16.0 Å². The van der Waals surface area contributed by atoms with Crippen molar-refractivity contribution >= 4 is 27.6 Å². The molecule has 4 N–H and O–H groups in total. The van der Waals surface area contributed by atoms with Crippen LogP contribution < -0.4 is 16.6 Å². The fourth-order valence-corrected chi connectivity index (χ4v) is 1.69. The van der Waals surface area contributed by atoms with Crippen molar-refractivity contribution in [3.63, 3.8) is 0 Å². The van der Waals surface area contributed by atoms with Gasteiger partial charge in [0.05, 0.1) is 0 Å². The molecule has 0 saturated heterocycles. The zero-order valence-electron chi connectivity index (χ0n) is 8.92. The summed E-state index contributed by atoms with van der Waals surface area (Å²) in [6.07, 6.45) is 3.58. The SMILES string of the molecule is CCC(CC)Nc1ncnc(NN)c1Br. The minimum atomic E-state index is 0.418. The molecule has 0 aliphatic rings. The highest BCUT2D eigenvalue weighted by Gasteiger charge is 2.10. The van der Waals surface area contributed by atoms with Crippen LogP contribution >= 0.6 is 15.9 Å². The van der Waals surface area contributed by atoms with Crippen LogP contribution in [0.1, 0.15) is 26.7 Å². The summed E-state index contributed by atoms with van der Waals surface area (Å²) in [5, 5.41) is 3.33. The molecule has 0 atom stereocenters. The topological polar surface area (TPSA) is 75.9 Å². The van der Waals surface area contributed by atoms with Crippen molar-refractivity contribution in [2.24, 2.45) is 5.84 Å². The molecule has 0 aromatic carbocycles. The Bertz CT molecular complexity index is 313. The fraction of sp³-hybridized carbons (Fsp3) is 0.556. The van der Waals surface area contributed by atoms with E-state index in [1.807, 2.05) is 0 Å². The van der Waals surface area contributed by atoms with Gasteiger partial charge in [-0.05, 0) is 28.8 Å². The first-order valence-electron chi connectivity index (χ1n) is 4.96. The highest BCUT2D eigenvalue weighted by atomic mass is 79.9. The van der Waals surface area contributed by atoms with Gasteiger partial charge < -0.3 is 10.7 Å². The molecule has 0 fully saturated rings. The van der Waals surface area contributed by atoms with E-state index in [1.165, 1.54) is 6.33 Å². The molecule has 0 aliphatic carbocycles. The van der Waals surface area contributed by atoms with Gasteiger partial charge in [0.15, 0.2) is 5.82 Å². The van der Waals surface area contributed by atoms with E-state index >= 15 is 0 Å². The van der Waals surface area contributed by atoms with Gasteiger partial charge in [0.1, 0.15) is 16.6 Å². The number of hydrazine groups is 1. The Morgan fingerprint density at radius 3 is 2.47 bits per heavy atom. The summed E-state index contributed by atoms with van der Waals surface area (Å²) < 4.78 is 0.763. The molecule has 0 unspecified atom stereocenters. The highest BCUT2D eigenvalue weighted by molar-refractivity contribution is 9.10. The van der Waals surface area contributed by atoms with Crippen LogP contribution in [0.5, 0.6) is 0 Å². The third-order valence-electron chi connectivity index (χ3n) is 2.25. The number of hydrogen-bond acceptors (Lipinski definition) is 5. The lowest BCUT2D eigenvalue weighted by molar-refractivity contribution is 0.667. The van der Waals surface area contributed by atoms with Crippen LogP contribution in [0.15, 0.2) is 10.8 Å². The van der Waals surface area contributed by atoms with Crippen molar-refractivity contribution in [3.8, 4) is 0 Å². The van der Waals surface area contributed by atoms with Gasteiger partial charge in [-0.2, -0.15) is 0 Å². The van der Waals surface area contributed by atoms with Crippen LogP contribution in [0.4, 0.5) is 11.6 Å². The van der Waals surface area contributed by atoms with Crippen molar-refractivity contribution in [2.45, 2.75) is 32.7 Å². The molecule has 0 amide bonds. The normalized spacial score (nSPS) is 10.5. The summed E-state index contributed by atoms with van der Waals surface area (Å²) in [6.45, 7) is 4.27. The number of hydrogen-bond donors (Lipinski definition) is 3. The van der Waals surface area contributed by atoms with E-state index in [2.05, 4.69) is 50.5 Å². The molecule has 15 heavy (non-hydrogen) atoms. The summed E-state index contributed by atoms with van der Waals surface area (Å²) in [6, 6.07) is 0.418. The lowest BCUT2D eigenvalue weighted by atomic mass is 10.2. The smallest absolute Gasteiger partial charge is 0.159 e. The molecule has 1 aromatic heterocycles. The zero-order chi connectivity index (χ0) is 11.3. The number of nitrogen functional groups attached to an aromatic ring is 1. The molecule has 6 heteroatoms. The van der Waals surface area contributed by atoms with Crippen molar-refractivity contribution < 1.29 is 0 Å². The second kappa shape index (κ2) is 5.87. The predicted molar refractivity (Wildman–Crippen MR) is 65.5 cm³/mol. The Balaban J connectivity index is 2.85. The summed E-state index contributed by atoms with van der Waals surface area (Å²) >= 11 is 3.40. The number of rotatable bonds is 5. The maximum absolute atomic E-state index is 5.32. The second-order valence-electron chi connectivity index (χ2n) is 3.19. The van der Waals surface area contributed by atoms with Crippen LogP contribution in [0.3, 0.4) is 0 Å². The van der Waals surface area contributed by atoms with Crippen molar-refractivity contribution in [2.75, 3.05) is 10.7 Å². The molecule has 0 spiro atoms. The Kier molecular flexibility index (Phi) is 4.77. The lowest BCUT2D eigenvalue weighted by Gasteiger charge is -2.16. The van der Waals surface area contributed by atoms with Gasteiger partial charge in [-0.15, -0.1) is 0 Å². The van der Waals surface area contributed by atoms with E-state index in [0.717, 1.165) is 23.1 Å². The van der Waals surface area contributed by atoms with Crippen LogP contribution in [0.25, 0.3) is 0 Å². The second-order valence-corrected chi connectivity index (χ2v) is 3.98. The first kappa shape index (κ1) is 12.2. The van der Waals surface area contributed by atoms with Crippen LogP contribution in [0, 0.1) is 0 Å². The van der Waals surface area contributed by atoms with E-state index in [-0.39, 0.29) is 0 Å². The summed E-state index contributed by atoms with van der Waals surface area (Å²) in [7, 11) is 0. The molecule has 0 saturated carbocycles. The Labute approximate surface area is 98.0 Å². The fourth-order valence-electron chi connectivity index (χ4n) is 1.26. The maximum Gasteiger partial charge on any atom is 0.159 e. The van der Waals surface area contributed by atoms with E-state index in [0.29, 0.717) is 11.9 Å². The van der Waals surface area contributed by atoms with Gasteiger partial charge >= 0.3 is 0 Å². The number of nitrogens with zero attached hydrogens (tertiary/aromatic N) is 2. The molecule has 84 valence electrons. The summed E-state index contributed by atoms with van der Waals surface area (Å²) in [5.74, 6) is 6.67. The molecule has 1 heterocycles. The standard InChI is InChI=1S/C9H16BrN5/c1-3-6(4-2)14-8-7(10)9(15-11)13-5-12-8/h5-6H,3-4,11H2,1-2H3,(H2,12,13,14,15). The third-order valence-corrected chi connectivity index (χ3v) is 3.00. The Hall–Kier alpha value is -0.880. The molecular weight excluding hydrogens is 258 g/mol. The van der Waals surface area contributed by atoms with E-state index < -0.39 is 0 Å². The number of nitrogens with two attached hydrogens (primary N) is 1. The molecule has 5 nitrogen and oxygen atoms in total. The van der Waals surface area contributed by atoms with E-state index in [1.54, 1.807) is 0 Å². The van der Waals surface area contributed by atoms with Gasteiger partial charge in [0, 0.05) is 6.04 Å². The number of halogens is 1. The Morgan fingerprint density at radius 1 is 1.33 bits per heavy atom. The highest BCUT2D eigenvalue weighted by Crippen LogP contribution is 2.26. The zero-order valence-corrected chi connectivity index (χ0v) is 10.5. The monoisotopic (exact) mass is 273 g/mol. The third kappa shape index (κ3) is 3.04. The van der Waals surface area contributed by atoms with Gasteiger partial charge in [-0.3, -0.25) is 0 Å². The van der Waals surface area contributed by atoms with Crippen molar-refractivity contribution in [1.82, 2.24) is 9.97 Å². The summed E-state index contributed by atoms with van der Waals surface area (Å²) in [5.41, 5.74) is 2.51. The first-order valence-corrected chi connectivity index (χ1v) is 5.75. The number of aromatic nitrogens is 2. The predicted octanol–water partition coefficient (Wildman–Crippen LogP) is 2.13. The minimum absolute atomic E-state index is 0.418. The first-order chi connectivity index (χ1) is 7.22. The molecule has 1 rings (SSSR count). The van der Waals surface area contributed by atoms with Crippen molar-refractivity contribution in [3.05, 3.63) is 10.8 Å². The van der Waals surface area contributed by atoms with Gasteiger partial charge in [-0.25, -0.2) is 15.8 Å². The summed E-state index contributed by atoms with van der Waals surface area (Å²) in [4.78, 5) is 8.14. The average molecular weight is 274 g/mol. The molecule has 0 bridgehead atoms. The van der Waals surface area contributed by atoms with Crippen LogP contribution in [0.2, 0.25) is 0 Å². The Morgan fingerprint density at radius 2 is 1.93 bits per heavy atom. The quantitative estimate of drug-likeness (QED) is 0.566. The number of anilines is 2. The molecule has 1 aromatic rings. The van der Waals surface area contributed by atoms with E-state index in [9.17, 15) is 0 Å². The van der Waals surface area contributed by atoms with Gasteiger partial charge in [0.2, 0.25) is 0 Å². The molecular formula is C9H16BrN5. The largest absolute Gasteiger partial charge is 0.366 e. The van der Waals surface area contributed by atoms with Gasteiger partial charge in [-0.1, -0.05) is 13.8 Å². The molecule has 0 radical (unpaired) electrons. The lowest BCUT2D eigenvalue weighted by Crippen LogP contribution is -2.19. The number of nitrogens with one attached hydrogen (secondary N) is 2. The minimum Gasteiger partial charge on any atom is -0.366 e. The van der Waals surface area contributed by atoms with Gasteiger partial charge in [0.25, 0.3) is 0 Å². The van der Waals surface area contributed by atoms with Crippen LogP contribution in [-0.2, 0) is 0 Å². The maximum atomic E-state index is 5.32. The van der Waals surface area contributed by atoms with E-state index in [4.69, 9.17) is 5.84 Å².